The molecule has 21 heavy (non-hydrogen) atoms. The van der Waals surface area contributed by atoms with Gasteiger partial charge in [0.1, 0.15) is 0 Å². The van der Waals surface area contributed by atoms with Gasteiger partial charge in [-0.3, -0.25) is 10.1 Å². The van der Waals surface area contributed by atoms with E-state index in [1.165, 1.54) is 0 Å². The van der Waals surface area contributed by atoms with Gasteiger partial charge in [-0.05, 0) is 43.2 Å². The van der Waals surface area contributed by atoms with E-state index in [1.807, 2.05) is 25.1 Å². The molecule has 0 unspecified atom stereocenters. The third kappa shape index (κ3) is 3.74. The summed E-state index contributed by atoms with van der Waals surface area (Å²) in [5, 5.41) is 14.9. The highest BCUT2D eigenvalue weighted by Crippen LogP contribution is 2.27. The highest BCUT2D eigenvalue weighted by Gasteiger charge is 2.13. The van der Waals surface area contributed by atoms with Crippen LogP contribution in [0.25, 0.3) is 0 Å². The molecule has 0 aromatic heterocycles. The number of hydrogen-bond donors (Lipinski definition) is 1. The Hall–Kier alpha value is -1.59. The number of nitro benzene ring substituents is 1. The summed E-state index contributed by atoms with van der Waals surface area (Å²) < 4.78 is 0.929. The van der Waals surface area contributed by atoms with Crippen molar-refractivity contribution < 1.29 is 4.92 Å². The van der Waals surface area contributed by atoms with Gasteiger partial charge < -0.3 is 5.32 Å². The molecule has 0 bridgehead atoms. The molecular weight excluding hydrogens is 356 g/mol. The summed E-state index contributed by atoms with van der Waals surface area (Å²) in [6, 6.07) is 9.00. The molecule has 0 fully saturated rings. The van der Waals surface area contributed by atoms with Crippen LogP contribution in [0, 0.1) is 24.0 Å². The summed E-state index contributed by atoms with van der Waals surface area (Å²) in [6.07, 6.45) is 0. The first-order valence-corrected chi connectivity index (χ1v) is 7.49. The van der Waals surface area contributed by atoms with Gasteiger partial charge in [0.2, 0.25) is 0 Å². The summed E-state index contributed by atoms with van der Waals surface area (Å²) in [5.74, 6) is 0. The molecule has 0 atom stereocenters. The Morgan fingerprint density at radius 2 is 1.95 bits per heavy atom. The average molecular weight is 370 g/mol. The van der Waals surface area contributed by atoms with Gasteiger partial charge in [-0.15, -0.1) is 0 Å². The van der Waals surface area contributed by atoms with Crippen molar-refractivity contribution >= 4 is 38.9 Å². The predicted molar refractivity (Wildman–Crippen MR) is 89.0 cm³/mol. The van der Waals surface area contributed by atoms with Gasteiger partial charge >= 0.3 is 0 Å². The number of halogens is 2. The number of nitrogens with one attached hydrogen (secondary N) is 1. The number of aryl methyl sites for hydroxylation is 2. The minimum atomic E-state index is -0.359. The van der Waals surface area contributed by atoms with Crippen molar-refractivity contribution in [2.75, 3.05) is 5.32 Å². The van der Waals surface area contributed by atoms with Gasteiger partial charge in [0.25, 0.3) is 5.69 Å². The van der Waals surface area contributed by atoms with Crippen LogP contribution in [0.4, 0.5) is 11.4 Å². The number of nitrogens with zero attached hydrogens (tertiary/aromatic N) is 1. The largest absolute Gasteiger partial charge is 0.381 e. The molecular formula is C15H14BrClN2O2. The highest BCUT2D eigenvalue weighted by atomic mass is 79.9. The molecule has 0 saturated heterocycles. The average Bonchev–Trinajstić information content (AvgIpc) is 2.40. The second-order valence-corrected chi connectivity index (χ2v) is 6.09. The van der Waals surface area contributed by atoms with Crippen LogP contribution in [-0.4, -0.2) is 4.92 Å². The first kappa shape index (κ1) is 15.8. The molecule has 6 heteroatoms. The van der Waals surface area contributed by atoms with Crippen LogP contribution >= 0.6 is 27.5 Å². The molecule has 0 amide bonds. The van der Waals surface area contributed by atoms with Crippen molar-refractivity contribution in [3.05, 3.63) is 66.6 Å². The summed E-state index contributed by atoms with van der Waals surface area (Å²) in [5.41, 5.74) is 3.58. The minimum absolute atomic E-state index is 0.144. The molecule has 2 rings (SSSR count). The van der Waals surface area contributed by atoms with E-state index in [9.17, 15) is 10.1 Å². The normalized spacial score (nSPS) is 10.5. The lowest BCUT2D eigenvalue weighted by Crippen LogP contribution is -2.03. The Morgan fingerprint density at radius 1 is 1.24 bits per heavy atom. The lowest BCUT2D eigenvalue weighted by molar-refractivity contribution is -0.385. The number of hydrogen-bond acceptors (Lipinski definition) is 3. The molecule has 2 aromatic rings. The third-order valence-corrected chi connectivity index (χ3v) is 4.20. The van der Waals surface area contributed by atoms with Crippen molar-refractivity contribution in [3.8, 4) is 0 Å². The van der Waals surface area contributed by atoms with E-state index in [4.69, 9.17) is 11.6 Å². The monoisotopic (exact) mass is 368 g/mol. The summed E-state index contributed by atoms with van der Waals surface area (Å²) in [4.78, 5) is 10.5. The molecule has 0 radical (unpaired) electrons. The van der Waals surface area contributed by atoms with Crippen LogP contribution in [0.3, 0.4) is 0 Å². The topological polar surface area (TPSA) is 55.2 Å². The molecule has 0 spiro atoms. The lowest BCUT2D eigenvalue weighted by Gasteiger charge is -2.12. The second-order valence-electron chi connectivity index (χ2n) is 4.80. The lowest BCUT2D eigenvalue weighted by atomic mass is 10.1. The molecule has 2 aromatic carbocycles. The number of nitro groups is 1. The molecule has 0 aliphatic heterocycles. The van der Waals surface area contributed by atoms with Crippen molar-refractivity contribution in [2.45, 2.75) is 20.4 Å². The van der Waals surface area contributed by atoms with Gasteiger partial charge in [0.15, 0.2) is 0 Å². The van der Waals surface area contributed by atoms with Crippen LogP contribution < -0.4 is 5.32 Å². The number of rotatable bonds is 4. The van der Waals surface area contributed by atoms with Crippen molar-refractivity contribution in [1.82, 2.24) is 0 Å². The van der Waals surface area contributed by atoms with Crippen LogP contribution in [-0.2, 0) is 6.54 Å². The first-order chi connectivity index (χ1) is 9.88. The van der Waals surface area contributed by atoms with Crippen molar-refractivity contribution in [1.29, 1.82) is 0 Å². The Bertz CT molecular complexity index is 704. The van der Waals surface area contributed by atoms with E-state index >= 15 is 0 Å². The summed E-state index contributed by atoms with van der Waals surface area (Å²) in [7, 11) is 0. The van der Waals surface area contributed by atoms with Gasteiger partial charge in [0.05, 0.1) is 4.92 Å². The molecule has 0 aliphatic rings. The van der Waals surface area contributed by atoms with E-state index in [0.29, 0.717) is 17.1 Å². The maximum Gasteiger partial charge on any atom is 0.272 e. The van der Waals surface area contributed by atoms with E-state index in [-0.39, 0.29) is 10.6 Å². The molecule has 0 heterocycles. The Balaban J connectivity index is 2.20. The zero-order valence-electron chi connectivity index (χ0n) is 11.6. The van der Waals surface area contributed by atoms with Crippen molar-refractivity contribution in [2.24, 2.45) is 0 Å². The number of benzene rings is 2. The molecule has 110 valence electrons. The Kier molecular flexibility index (Phi) is 4.85. The zero-order chi connectivity index (χ0) is 15.6. The fraction of sp³-hybridized carbons (Fsp3) is 0.200. The summed E-state index contributed by atoms with van der Waals surface area (Å²) >= 11 is 9.38. The second kappa shape index (κ2) is 6.45. The van der Waals surface area contributed by atoms with Crippen molar-refractivity contribution in [3.63, 3.8) is 0 Å². The molecule has 4 nitrogen and oxygen atoms in total. The van der Waals surface area contributed by atoms with Gasteiger partial charge in [-0.1, -0.05) is 33.6 Å². The zero-order valence-corrected chi connectivity index (χ0v) is 14.0. The Morgan fingerprint density at radius 3 is 2.57 bits per heavy atom. The minimum Gasteiger partial charge on any atom is -0.381 e. The van der Waals surface area contributed by atoms with E-state index in [2.05, 4.69) is 21.2 Å². The van der Waals surface area contributed by atoms with Gasteiger partial charge in [-0.2, -0.15) is 0 Å². The van der Waals surface area contributed by atoms with E-state index in [1.54, 1.807) is 19.1 Å². The Labute approximate surface area is 136 Å². The quantitative estimate of drug-likeness (QED) is 0.592. The molecule has 0 aliphatic carbocycles. The first-order valence-electron chi connectivity index (χ1n) is 6.32. The SMILES string of the molecule is Cc1cc([N+](=O)[O-])c(C)cc1NCc1ccc(Cl)cc1Br. The van der Waals surface area contributed by atoms with E-state index < -0.39 is 0 Å². The van der Waals surface area contributed by atoms with Crippen LogP contribution in [0.5, 0.6) is 0 Å². The van der Waals surface area contributed by atoms with Crippen LogP contribution in [0.2, 0.25) is 5.02 Å². The van der Waals surface area contributed by atoms with Gasteiger partial charge in [0, 0.05) is 33.4 Å². The van der Waals surface area contributed by atoms with Crippen LogP contribution in [0.15, 0.2) is 34.8 Å². The smallest absolute Gasteiger partial charge is 0.272 e. The fourth-order valence-corrected chi connectivity index (χ4v) is 2.87. The summed E-state index contributed by atoms with van der Waals surface area (Å²) in [6.45, 7) is 4.20. The standard InChI is InChI=1S/C15H14BrClN2O2/c1-9-6-15(19(20)21)10(2)5-14(9)18-8-11-3-4-12(17)7-13(11)16/h3-7,18H,8H2,1-2H3. The number of anilines is 1. The van der Waals surface area contributed by atoms with E-state index in [0.717, 1.165) is 21.3 Å². The molecule has 0 saturated carbocycles. The molecule has 1 N–H and O–H groups in total. The fourth-order valence-electron chi connectivity index (χ4n) is 2.04. The maximum atomic E-state index is 10.9. The highest BCUT2D eigenvalue weighted by molar-refractivity contribution is 9.10. The predicted octanol–water partition coefficient (Wildman–Crippen LogP) is 5.24. The van der Waals surface area contributed by atoms with Gasteiger partial charge in [-0.25, -0.2) is 0 Å². The maximum absolute atomic E-state index is 10.9. The third-order valence-electron chi connectivity index (χ3n) is 3.22. The van der Waals surface area contributed by atoms with Crippen LogP contribution in [0.1, 0.15) is 16.7 Å².